The molecule has 1 saturated heterocycles. The lowest BCUT2D eigenvalue weighted by Crippen LogP contribution is -2.47. The van der Waals surface area contributed by atoms with E-state index in [1.54, 1.807) is 48.3 Å². The van der Waals surface area contributed by atoms with Gasteiger partial charge < -0.3 is 9.64 Å². The van der Waals surface area contributed by atoms with Crippen LogP contribution in [-0.2, 0) is 16.6 Å². The highest BCUT2D eigenvalue weighted by Gasteiger charge is 2.30. The van der Waals surface area contributed by atoms with Crippen molar-refractivity contribution >= 4 is 39.1 Å². The SMILES string of the molecule is CN(C1CCN(C(=O)c2ccccc2OCc2ccc(Cl)cc2Cl)CC1)S(C)(=O)=O. The summed E-state index contributed by atoms with van der Waals surface area (Å²) < 4.78 is 30.8. The van der Waals surface area contributed by atoms with Crippen molar-refractivity contribution in [2.45, 2.75) is 25.5 Å². The molecule has 0 unspecified atom stereocenters. The number of ether oxygens (including phenoxy) is 1. The molecule has 0 atom stereocenters. The average Bonchev–Trinajstić information content (AvgIpc) is 2.72. The molecule has 30 heavy (non-hydrogen) atoms. The number of carbonyl (C=O) groups is 1. The van der Waals surface area contributed by atoms with Gasteiger partial charge in [-0.15, -0.1) is 0 Å². The molecule has 2 aromatic rings. The van der Waals surface area contributed by atoms with Crippen molar-refractivity contribution in [1.29, 1.82) is 0 Å². The molecule has 0 saturated carbocycles. The minimum absolute atomic E-state index is 0.0948. The van der Waals surface area contributed by atoms with E-state index in [0.717, 1.165) is 5.56 Å². The summed E-state index contributed by atoms with van der Waals surface area (Å²) in [6.07, 6.45) is 2.39. The maximum Gasteiger partial charge on any atom is 0.257 e. The molecule has 0 bridgehead atoms. The van der Waals surface area contributed by atoms with Crippen molar-refractivity contribution in [1.82, 2.24) is 9.21 Å². The Balaban J connectivity index is 1.67. The highest BCUT2D eigenvalue weighted by Crippen LogP contribution is 2.26. The van der Waals surface area contributed by atoms with Crippen LogP contribution in [0.25, 0.3) is 0 Å². The zero-order valence-corrected chi connectivity index (χ0v) is 19.2. The number of benzene rings is 2. The first-order valence-corrected chi connectivity index (χ1v) is 12.2. The largest absolute Gasteiger partial charge is 0.488 e. The van der Waals surface area contributed by atoms with Gasteiger partial charge in [-0.2, -0.15) is 0 Å². The number of carbonyl (C=O) groups excluding carboxylic acids is 1. The molecule has 0 radical (unpaired) electrons. The van der Waals surface area contributed by atoms with Gasteiger partial charge in [0.2, 0.25) is 10.0 Å². The number of piperidine rings is 1. The lowest BCUT2D eigenvalue weighted by Gasteiger charge is -2.35. The molecule has 6 nitrogen and oxygen atoms in total. The number of rotatable bonds is 6. The number of nitrogens with zero attached hydrogens (tertiary/aromatic N) is 2. The van der Waals surface area contributed by atoms with Crippen LogP contribution in [0.5, 0.6) is 5.75 Å². The van der Waals surface area contributed by atoms with Crippen LogP contribution in [0.4, 0.5) is 0 Å². The van der Waals surface area contributed by atoms with Gasteiger partial charge in [-0.1, -0.05) is 41.4 Å². The smallest absolute Gasteiger partial charge is 0.257 e. The van der Waals surface area contributed by atoms with Gasteiger partial charge in [0.25, 0.3) is 5.91 Å². The highest BCUT2D eigenvalue weighted by molar-refractivity contribution is 7.88. The molecule has 1 aliphatic rings. The normalized spacial score (nSPS) is 15.4. The Morgan fingerprint density at radius 3 is 2.47 bits per heavy atom. The maximum atomic E-state index is 13.1. The summed E-state index contributed by atoms with van der Waals surface area (Å²) in [5.74, 6) is 0.345. The first kappa shape index (κ1) is 22.9. The molecule has 2 aromatic carbocycles. The van der Waals surface area contributed by atoms with Crippen molar-refractivity contribution in [3.05, 3.63) is 63.6 Å². The minimum Gasteiger partial charge on any atom is -0.488 e. The maximum absolute atomic E-state index is 13.1. The predicted octanol–water partition coefficient (Wildman–Crippen LogP) is 4.07. The van der Waals surface area contributed by atoms with E-state index in [-0.39, 0.29) is 18.6 Å². The van der Waals surface area contributed by atoms with Gasteiger partial charge in [-0.05, 0) is 37.1 Å². The van der Waals surface area contributed by atoms with E-state index in [2.05, 4.69) is 0 Å². The van der Waals surface area contributed by atoms with Gasteiger partial charge in [-0.3, -0.25) is 4.79 Å². The van der Waals surface area contributed by atoms with Crippen LogP contribution in [0.15, 0.2) is 42.5 Å². The van der Waals surface area contributed by atoms with E-state index >= 15 is 0 Å². The summed E-state index contributed by atoms with van der Waals surface area (Å²) in [5.41, 5.74) is 1.24. The van der Waals surface area contributed by atoms with E-state index < -0.39 is 10.0 Å². The van der Waals surface area contributed by atoms with E-state index in [9.17, 15) is 13.2 Å². The van der Waals surface area contributed by atoms with Crippen molar-refractivity contribution in [2.75, 3.05) is 26.4 Å². The summed E-state index contributed by atoms with van der Waals surface area (Å²) in [6, 6.07) is 12.2. The number of para-hydroxylation sites is 1. The monoisotopic (exact) mass is 470 g/mol. The summed E-state index contributed by atoms with van der Waals surface area (Å²) in [7, 11) is -1.66. The first-order chi connectivity index (χ1) is 14.2. The lowest BCUT2D eigenvalue weighted by atomic mass is 10.0. The summed E-state index contributed by atoms with van der Waals surface area (Å²) in [4.78, 5) is 14.8. The van der Waals surface area contributed by atoms with Crippen molar-refractivity contribution in [3.8, 4) is 5.75 Å². The molecule has 1 amide bonds. The zero-order valence-electron chi connectivity index (χ0n) is 16.8. The van der Waals surface area contributed by atoms with Crippen LogP contribution in [0.3, 0.4) is 0 Å². The first-order valence-electron chi connectivity index (χ1n) is 9.55. The third kappa shape index (κ3) is 5.46. The minimum atomic E-state index is -3.25. The number of halogens is 2. The Labute approximate surface area is 187 Å². The lowest BCUT2D eigenvalue weighted by molar-refractivity contribution is 0.0681. The second-order valence-electron chi connectivity index (χ2n) is 7.32. The van der Waals surface area contributed by atoms with Crippen molar-refractivity contribution in [3.63, 3.8) is 0 Å². The van der Waals surface area contributed by atoms with Gasteiger partial charge in [0, 0.05) is 41.8 Å². The van der Waals surface area contributed by atoms with E-state index in [4.69, 9.17) is 27.9 Å². The molecule has 0 N–H and O–H groups in total. The fraction of sp³-hybridized carbons (Fsp3) is 0.381. The Morgan fingerprint density at radius 2 is 1.83 bits per heavy atom. The van der Waals surface area contributed by atoms with Crippen LogP contribution in [0, 0.1) is 0 Å². The molecule has 1 heterocycles. The molecule has 162 valence electrons. The van der Waals surface area contributed by atoms with Gasteiger partial charge in [0.05, 0.1) is 11.8 Å². The molecule has 0 spiro atoms. The third-order valence-electron chi connectivity index (χ3n) is 5.30. The van der Waals surface area contributed by atoms with Crippen molar-refractivity contribution in [2.24, 2.45) is 0 Å². The van der Waals surface area contributed by atoms with Gasteiger partial charge in [-0.25, -0.2) is 12.7 Å². The van der Waals surface area contributed by atoms with Crippen LogP contribution in [0.1, 0.15) is 28.8 Å². The second kappa shape index (κ2) is 9.56. The Hall–Kier alpha value is -1.80. The number of likely N-dealkylation sites (tertiary alicyclic amines) is 1. The van der Waals surface area contributed by atoms with Crippen LogP contribution in [-0.4, -0.2) is 56.0 Å². The second-order valence-corrected chi connectivity index (χ2v) is 10.2. The quantitative estimate of drug-likeness (QED) is 0.637. The summed E-state index contributed by atoms with van der Waals surface area (Å²) in [6.45, 7) is 1.18. The Bertz CT molecular complexity index is 1020. The van der Waals surface area contributed by atoms with Gasteiger partial charge in [0.1, 0.15) is 12.4 Å². The number of amides is 1. The standard InChI is InChI=1S/C21H24Cl2N2O4S/c1-24(30(2,27)28)17-9-11-25(12-10-17)21(26)18-5-3-4-6-20(18)29-14-15-7-8-16(22)13-19(15)23/h3-8,13,17H,9-12,14H2,1-2H3. The molecule has 1 fully saturated rings. The molecule has 3 rings (SSSR count). The fourth-order valence-electron chi connectivity index (χ4n) is 3.44. The third-order valence-corrected chi connectivity index (χ3v) is 7.24. The summed E-state index contributed by atoms with van der Waals surface area (Å²) >= 11 is 12.1. The van der Waals surface area contributed by atoms with Gasteiger partial charge in [0.15, 0.2) is 0 Å². The fourth-order valence-corrected chi connectivity index (χ4v) is 4.65. The molecular weight excluding hydrogens is 447 g/mol. The Kier molecular flexibility index (Phi) is 7.29. The average molecular weight is 471 g/mol. The number of hydrogen-bond acceptors (Lipinski definition) is 4. The van der Waals surface area contributed by atoms with Gasteiger partial charge >= 0.3 is 0 Å². The molecular formula is C21H24Cl2N2O4S. The van der Waals surface area contributed by atoms with E-state index in [0.29, 0.717) is 47.3 Å². The van der Waals surface area contributed by atoms with Crippen LogP contribution < -0.4 is 4.74 Å². The Morgan fingerprint density at radius 1 is 1.17 bits per heavy atom. The summed E-state index contributed by atoms with van der Waals surface area (Å²) in [5, 5.41) is 1.05. The van der Waals surface area contributed by atoms with Crippen LogP contribution >= 0.6 is 23.2 Å². The molecule has 9 heteroatoms. The number of hydrogen-bond donors (Lipinski definition) is 0. The molecule has 0 aromatic heterocycles. The van der Waals surface area contributed by atoms with Crippen LogP contribution in [0.2, 0.25) is 10.0 Å². The molecule has 1 aliphatic heterocycles. The van der Waals surface area contributed by atoms with Crippen molar-refractivity contribution < 1.29 is 17.9 Å². The topological polar surface area (TPSA) is 66.9 Å². The zero-order chi connectivity index (χ0) is 21.9. The predicted molar refractivity (Wildman–Crippen MR) is 119 cm³/mol. The highest BCUT2D eigenvalue weighted by atomic mass is 35.5. The molecule has 0 aliphatic carbocycles. The number of sulfonamides is 1. The van der Waals surface area contributed by atoms with E-state index in [1.807, 2.05) is 6.07 Å². The van der Waals surface area contributed by atoms with E-state index in [1.165, 1.54) is 10.6 Å².